The maximum atomic E-state index is 11.9. The van der Waals surface area contributed by atoms with Crippen LogP contribution in [-0.4, -0.2) is 30.3 Å². The van der Waals surface area contributed by atoms with Crippen molar-refractivity contribution in [1.82, 2.24) is 4.90 Å². The third-order valence-electron chi connectivity index (χ3n) is 3.47. The normalized spacial score (nSPS) is 19.2. The minimum absolute atomic E-state index is 0.279. The van der Waals surface area contributed by atoms with Crippen molar-refractivity contribution < 1.29 is 4.79 Å². The van der Waals surface area contributed by atoms with Gasteiger partial charge in [-0.15, -0.1) is 0 Å². The van der Waals surface area contributed by atoms with Crippen LogP contribution in [0.1, 0.15) is 49.9 Å². The Morgan fingerprint density at radius 1 is 1.28 bits per heavy atom. The van der Waals surface area contributed by atoms with Crippen molar-refractivity contribution in [3.05, 3.63) is 35.9 Å². The maximum absolute atomic E-state index is 11.9. The fraction of sp³-hybridized carbons (Fsp3) is 0.562. The van der Waals surface area contributed by atoms with E-state index in [-0.39, 0.29) is 5.78 Å². The van der Waals surface area contributed by atoms with Crippen LogP contribution in [0, 0.1) is 0 Å². The van der Waals surface area contributed by atoms with Crippen LogP contribution in [0.15, 0.2) is 30.3 Å². The molecule has 1 heterocycles. The van der Waals surface area contributed by atoms with Crippen molar-refractivity contribution in [2.24, 2.45) is 0 Å². The Bertz CT molecular complexity index is 347. The van der Waals surface area contributed by atoms with Gasteiger partial charge < -0.3 is 4.90 Å². The summed E-state index contributed by atoms with van der Waals surface area (Å²) in [6.07, 6.45) is 4.21. The Labute approximate surface area is 111 Å². The van der Waals surface area contributed by atoms with Crippen LogP contribution in [0.5, 0.6) is 0 Å². The Balaban J connectivity index is 0.000000771. The van der Waals surface area contributed by atoms with Crippen molar-refractivity contribution in [2.75, 3.05) is 13.6 Å². The molecule has 0 spiro atoms. The summed E-state index contributed by atoms with van der Waals surface area (Å²) in [6.45, 7) is 5.18. The van der Waals surface area contributed by atoms with Crippen LogP contribution in [0.4, 0.5) is 0 Å². The molecule has 0 N–H and O–H groups in total. The summed E-state index contributed by atoms with van der Waals surface area (Å²) < 4.78 is 0. The largest absolute Gasteiger partial charge is 0.303 e. The van der Waals surface area contributed by atoms with Crippen molar-refractivity contribution >= 4 is 5.78 Å². The van der Waals surface area contributed by atoms with E-state index < -0.39 is 0 Å². The highest BCUT2D eigenvalue weighted by Crippen LogP contribution is 2.20. The molecule has 1 saturated heterocycles. The maximum Gasteiger partial charge on any atom is 0.162 e. The topological polar surface area (TPSA) is 20.3 Å². The van der Waals surface area contributed by atoms with Crippen LogP contribution in [-0.2, 0) is 0 Å². The molecular formula is C16H25NO. The number of benzene rings is 1. The van der Waals surface area contributed by atoms with Gasteiger partial charge in [-0.3, -0.25) is 4.79 Å². The van der Waals surface area contributed by atoms with Gasteiger partial charge in [-0.25, -0.2) is 0 Å². The highest BCUT2D eigenvalue weighted by Gasteiger charge is 2.21. The Morgan fingerprint density at radius 3 is 2.50 bits per heavy atom. The molecule has 0 aromatic heterocycles. The minimum Gasteiger partial charge on any atom is -0.303 e. The summed E-state index contributed by atoms with van der Waals surface area (Å²) in [4.78, 5) is 14.3. The van der Waals surface area contributed by atoms with E-state index in [1.165, 1.54) is 19.4 Å². The zero-order valence-electron chi connectivity index (χ0n) is 11.9. The molecule has 1 aromatic carbocycles. The van der Waals surface area contributed by atoms with Gasteiger partial charge in [0, 0.05) is 18.0 Å². The van der Waals surface area contributed by atoms with Gasteiger partial charge in [0.25, 0.3) is 0 Å². The van der Waals surface area contributed by atoms with E-state index in [9.17, 15) is 4.79 Å². The minimum atomic E-state index is 0.279. The van der Waals surface area contributed by atoms with E-state index in [2.05, 4.69) is 11.9 Å². The molecular weight excluding hydrogens is 222 g/mol. The molecule has 2 heteroatoms. The molecule has 0 saturated carbocycles. The second kappa shape index (κ2) is 8.04. The van der Waals surface area contributed by atoms with E-state index in [1.54, 1.807) is 0 Å². The van der Waals surface area contributed by atoms with Crippen LogP contribution in [0.2, 0.25) is 0 Å². The third kappa shape index (κ3) is 4.26. The number of carbonyl (C=O) groups excluding carboxylic acids is 1. The number of Topliss-reactive ketones (excluding diaryl/α,β-unsaturated/α-hetero) is 1. The molecule has 2 rings (SSSR count). The molecule has 2 nitrogen and oxygen atoms in total. The molecule has 1 aromatic rings. The molecule has 100 valence electrons. The van der Waals surface area contributed by atoms with Crippen molar-refractivity contribution in [1.29, 1.82) is 0 Å². The van der Waals surface area contributed by atoms with Crippen LogP contribution in [0.25, 0.3) is 0 Å². The lowest BCUT2D eigenvalue weighted by molar-refractivity contribution is 0.0970. The fourth-order valence-electron chi connectivity index (χ4n) is 2.41. The second-order valence-electron chi connectivity index (χ2n) is 4.60. The lowest BCUT2D eigenvalue weighted by Crippen LogP contribution is -2.25. The summed E-state index contributed by atoms with van der Waals surface area (Å²) in [6, 6.07) is 10.2. The predicted molar refractivity (Wildman–Crippen MR) is 77.0 cm³/mol. The second-order valence-corrected chi connectivity index (χ2v) is 4.60. The molecule has 1 aliphatic rings. The molecule has 18 heavy (non-hydrogen) atoms. The summed E-state index contributed by atoms with van der Waals surface area (Å²) >= 11 is 0. The van der Waals surface area contributed by atoms with Crippen molar-refractivity contribution in [3.63, 3.8) is 0 Å². The van der Waals surface area contributed by atoms with Crippen LogP contribution < -0.4 is 0 Å². The number of ketones is 1. The summed E-state index contributed by atoms with van der Waals surface area (Å²) in [5.74, 6) is 0.279. The third-order valence-corrected chi connectivity index (χ3v) is 3.47. The van der Waals surface area contributed by atoms with E-state index in [0.717, 1.165) is 12.0 Å². The van der Waals surface area contributed by atoms with Crippen molar-refractivity contribution in [2.45, 2.75) is 45.6 Å². The molecule has 0 radical (unpaired) electrons. The number of carbonyl (C=O) groups is 1. The van der Waals surface area contributed by atoms with E-state index in [4.69, 9.17) is 0 Å². The number of hydrogen-bond acceptors (Lipinski definition) is 2. The molecule has 1 aliphatic heterocycles. The van der Waals surface area contributed by atoms with Gasteiger partial charge in [-0.2, -0.15) is 0 Å². The molecule has 0 amide bonds. The van der Waals surface area contributed by atoms with Crippen LogP contribution in [0.3, 0.4) is 0 Å². The molecule has 0 bridgehead atoms. The summed E-state index contributed by atoms with van der Waals surface area (Å²) in [7, 11) is 2.16. The first-order chi connectivity index (χ1) is 8.77. The lowest BCUT2D eigenvalue weighted by atomic mass is 10.0. The fourth-order valence-corrected chi connectivity index (χ4v) is 2.41. The van der Waals surface area contributed by atoms with Gasteiger partial charge in [-0.05, 0) is 32.9 Å². The smallest absolute Gasteiger partial charge is 0.162 e. The lowest BCUT2D eigenvalue weighted by Gasteiger charge is -2.18. The number of rotatable bonds is 4. The number of likely N-dealkylation sites (tertiary alicyclic amines) is 1. The molecule has 1 unspecified atom stereocenters. The van der Waals surface area contributed by atoms with Gasteiger partial charge in [0.15, 0.2) is 5.78 Å². The number of hydrogen-bond donors (Lipinski definition) is 0. The molecule has 0 aliphatic carbocycles. The van der Waals surface area contributed by atoms with E-state index in [0.29, 0.717) is 12.5 Å². The van der Waals surface area contributed by atoms with Gasteiger partial charge in [0.2, 0.25) is 0 Å². The zero-order chi connectivity index (χ0) is 13.4. The zero-order valence-corrected chi connectivity index (χ0v) is 11.9. The molecule has 1 fully saturated rings. The number of nitrogens with zero attached hydrogens (tertiary/aromatic N) is 1. The standard InChI is InChI=1S/C14H19NO.C2H6/c1-15-11-5-8-13(15)9-10-14(16)12-6-3-2-4-7-12;1-2/h2-4,6-7,13H,5,8-11H2,1H3;1-2H3. The SMILES string of the molecule is CC.CN1CCCC1CCC(=O)c1ccccc1. The van der Waals surface area contributed by atoms with Gasteiger partial charge in [0.1, 0.15) is 0 Å². The monoisotopic (exact) mass is 247 g/mol. The predicted octanol–water partition coefficient (Wildman–Crippen LogP) is 3.77. The average Bonchev–Trinajstić information content (AvgIpc) is 2.85. The van der Waals surface area contributed by atoms with Gasteiger partial charge >= 0.3 is 0 Å². The first-order valence-corrected chi connectivity index (χ1v) is 7.06. The Hall–Kier alpha value is -1.15. The summed E-state index contributed by atoms with van der Waals surface area (Å²) in [5.41, 5.74) is 0.850. The first kappa shape index (κ1) is 14.9. The highest BCUT2D eigenvalue weighted by atomic mass is 16.1. The van der Waals surface area contributed by atoms with Crippen LogP contribution >= 0.6 is 0 Å². The van der Waals surface area contributed by atoms with Crippen molar-refractivity contribution in [3.8, 4) is 0 Å². The van der Waals surface area contributed by atoms with Gasteiger partial charge in [0.05, 0.1) is 0 Å². The quantitative estimate of drug-likeness (QED) is 0.755. The Kier molecular flexibility index (Phi) is 6.66. The highest BCUT2D eigenvalue weighted by molar-refractivity contribution is 5.95. The van der Waals surface area contributed by atoms with Gasteiger partial charge in [-0.1, -0.05) is 44.2 Å². The summed E-state index contributed by atoms with van der Waals surface area (Å²) in [5, 5.41) is 0. The average molecular weight is 247 g/mol. The Morgan fingerprint density at radius 2 is 1.94 bits per heavy atom. The molecule has 1 atom stereocenters. The van der Waals surface area contributed by atoms with E-state index >= 15 is 0 Å². The van der Waals surface area contributed by atoms with E-state index in [1.807, 2.05) is 44.2 Å². The first-order valence-electron chi connectivity index (χ1n) is 7.06.